The summed E-state index contributed by atoms with van der Waals surface area (Å²) in [6, 6.07) is 4.39. The Labute approximate surface area is 186 Å². The minimum Gasteiger partial charge on any atom is -0.339 e. The molecule has 7 nitrogen and oxygen atoms in total. The number of rotatable bonds is 5. The third kappa shape index (κ3) is 5.52. The van der Waals surface area contributed by atoms with E-state index < -0.39 is 6.04 Å². The Morgan fingerprint density at radius 2 is 2.00 bits per heavy atom. The van der Waals surface area contributed by atoms with Crippen molar-refractivity contribution in [2.75, 3.05) is 11.9 Å². The van der Waals surface area contributed by atoms with Gasteiger partial charge in [0.15, 0.2) is 5.82 Å². The zero-order valence-corrected chi connectivity index (χ0v) is 18.9. The van der Waals surface area contributed by atoms with Crippen molar-refractivity contribution in [2.45, 2.75) is 64.3 Å². The van der Waals surface area contributed by atoms with E-state index in [2.05, 4.69) is 15.5 Å². The lowest BCUT2D eigenvalue weighted by Gasteiger charge is -2.34. The Balaban J connectivity index is 1.62. The number of amides is 2. The molecule has 1 N–H and O–H groups in total. The van der Waals surface area contributed by atoms with Crippen molar-refractivity contribution in [1.29, 1.82) is 0 Å². The summed E-state index contributed by atoms with van der Waals surface area (Å²) in [5, 5.41) is 7.61. The zero-order valence-electron chi connectivity index (χ0n) is 17.4. The Bertz CT molecular complexity index is 923. The van der Waals surface area contributed by atoms with E-state index in [0.717, 1.165) is 12.8 Å². The molecule has 3 rings (SSSR count). The molecule has 1 aromatic heterocycles. The number of aryl methyl sites for hydroxylation is 1. The highest BCUT2D eigenvalue weighted by Gasteiger charge is 2.32. The molecule has 1 fully saturated rings. The maximum absolute atomic E-state index is 12.9. The summed E-state index contributed by atoms with van der Waals surface area (Å²) in [5.41, 5.74) is 0.333. The normalized spacial score (nSPS) is 17.1. The van der Waals surface area contributed by atoms with Crippen molar-refractivity contribution in [3.05, 3.63) is 40.0 Å². The largest absolute Gasteiger partial charge is 0.339 e. The van der Waals surface area contributed by atoms with Gasteiger partial charge in [-0.1, -0.05) is 49.1 Å². The van der Waals surface area contributed by atoms with Crippen LogP contribution in [-0.4, -0.2) is 39.4 Å². The van der Waals surface area contributed by atoms with Crippen LogP contribution in [0.25, 0.3) is 0 Å². The van der Waals surface area contributed by atoms with Crippen LogP contribution in [0.3, 0.4) is 0 Å². The summed E-state index contributed by atoms with van der Waals surface area (Å²) >= 11 is 12.0. The van der Waals surface area contributed by atoms with Gasteiger partial charge in [-0.15, -0.1) is 0 Å². The number of carbonyl (C=O) groups is 2. The lowest BCUT2D eigenvalue weighted by Crippen LogP contribution is -2.50. The second kappa shape index (κ2) is 9.35. The van der Waals surface area contributed by atoms with Crippen LogP contribution in [-0.2, 0) is 21.4 Å². The minimum atomic E-state index is -0.520. The number of nitrogens with one attached hydrogen (secondary N) is 1. The number of benzene rings is 1. The van der Waals surface area contributed by atoms with Gasteiger partial charge in [-0.25, -0.2) is 0 Å². The molecule has 2 heterocycles. The van der Waals surface area contributed by atoms with Gasteiger partial charge in [0.2, 0.25) is 17.7 Å². The van der Waals surface area contributed by atoms with Crippen LogP contribution >= 0.6 is 23.2 Å². The SMILES string of the molecule is CC(C)(C)c1noc(CCC(=O)N2CCCCC2C(=O)Nc2ccc(Cl)c(Cl)c2)n1. The molecule has 1 unspecified atom stereocenters. The molecule has 1 saturated heterocycles. The lowest BCUT2D eigenvalue weighted by atomic mass is 9.96. The molecule has 0 bridgehead atoms. The van der Waals surface area contributed by atoms with Gasteiger partial charge in [-0.3, -0.25) is 9.59 Å². The van der Waals surface area contributed by atoms with Crippen molar-refractivity contribution < 1.29 is 14.1 Å². The van der Waals surface area contributed by atoms with E-state index in [4.69, 9.17) is 27.7 Å². The number of carbonyl (C=O) groups excluding carboxylic acids is 2. The van der Waals surface area contributed by atoms with E-state index in [0.29, 0.717) is 46.8 Å². The number of likely N-dealkylation sites (tertiary alicyclic amines) is 1. The summed E-state index contributed by atoms with van der Waals surface area (Å²) < 4.78 is 5.27. The highest BCUT2D eigenvalue weighted by molar-refractivity contribution is 6.42. The van der Waals surface area contributed by atoms with E-state index in [1.807, 2.05) is 20.8 Å². The molecular formula is C21H26Cl2N4O3. The molecule has 0 aliphatic carbocycles. The first-order valence-electron chi connectivity index (χ1n) is 10.0. The van der Waals surface area contributed by atoms with Gasteiger partial charge in [0.25, 0.3) is 0 Å². The standard InChI is InChI=1S/C21H26Cl2N4O3/c1-21(2,3)20-25-17(30-26-20)9-10-18(28)27-11-5-4-6-16(27)19(29)24-13-7-8-14(22)15(23)12-13/h7-8,12,16H,4-6,9-11H2,1-3H3,(H,24,29). The number of aromatic nitrogens is 2. The third-order valence-corrected chi connectivity index (χ3v) is 5.74. The predicted molar refractivity (Wildman–Crippen MR) is 116 cm³/mol. The van der Waals surface area contributed by atoms with Crippen LogP contribution in [0.1, 0.15) is 58.2 Å². The van der Waals surface area contributed by atoms with Gasteiger partial charge >= 0.3 is 0 Å². The van der Waals surface area contributed by atoms with Gasteiger partial charge in [-0.05, 0) is 37.5 Å². The van der Waals surface area contributed by atoms with E-state index in [9.17, 15) is 9.59 Å². The molecule has 9 heteroatoms. The van der Waals surface area contributed by atoms with E-state index in [1.165, 1.54) is 0 Å². The van der Waals surface area contributed by atoms with Crippen molar-refractivity contribution in [2.24, 2.45) is 0 Å². The Morgan fingerprint density at radius 3 is 2.67 bits per heavy atom. The third-order valence-electron chi connectivity index (χ3n) is 5.00. The molecule has 2 aromatic rings. The number of halogens is 2. The topological polar surface area (TPSA) is 88.3 Å². The summed E-state index contributed by atoms with van der Waals surface area (Å²) in [4.78, 5) is 31.7. The van der Waals surface area contributed by atoms with Gasteiger partial charge in [0.1, 0.15) is 6.04 Å². The first-order valence-corrected chi connectivity index (χ1v) is 10.8. The number of piperidine rings is 1. The average Bonchev–Trinajstić information content (AvgIpc) is 3.18. The quantitative estimate of drug-likeness (QED) is 0.714. The van der Waals surface area contributed by atoms with Crippen molar-refractivity contribution in [3.8, 4) is 0 Å². The first-order chi connectivity index (χ1) is 14.1. The number of hydrogen-bond acceptors (Lipinski definition) is 5. The average molecular weight is 453 g/mol. The molecular weight excluding hydrogens is 427 g/mol. The summed E-state index contributed by atoms with van der Waals surface area (Å²) in [7, 11) is 0. The maximum Gasteiger partial charge on any atom is 0.247 e. The highest BCUT2D eigenvalue weighted by atomic mass is 35.5. The minimum absolute atomic E-state index is 0.0977. The molecule has 162 valence electrons. The predicted octanol–water partition coefficient (Wildman–Crippen LogP) is 4.63. The molecule has 1 aliphatic heterocycles. The van der Waals surface area contributed by atoms with Crippen molar-refractivity contribution >= 4 is 40.7 Å². The fourth-order valence-electron chi connectivity index (χ4n) is 3.32. The van der Waals surface area contributed by atoms with E-state index in [-0.39, 0.29) is 23.7 Å². The van der Waals surface area contributed by atoms with Crippen LogP contribution < -0.4 is 5.32 Å². The molecule has 0 spiro atoms. The zero-order chi connectivity index (χ0) is 21.9. The summed E-state index contributed by atoms with van der Waals surface area (Å²) in [5.74, 6) is 0.720. The molecule has 1 aromatic carbocycles. The van der Waals surface area contributed by atoms with Crippen LogP contribution in [0.15, 0.2) is 22.7 Å². The Morgan fingerprint density at radius 1 is 1.23 bits per heavy atom. The van der Waals surface area contributed by atoms with Crippen molar-refractivity contribution in [1.82, 2.24) is 15.0 Å². The van der Waals surface area contributed by atoms with Crippen LogP contribution in [0, 0.1) is 0 Å². The molecule has 1 aliphatic rings. The Kier molecular flexibility index (Phi) is 7.03. The van der Waals surface area contributed by atoms with Crippen molar-refractivity contribution in [3.63, 3.8) is 0 Å². The van der Waals surface area contributed by atoms with Gasteiger partial charge < -0.3 is 14.7 Å². The summed E-state index contributed by atoms with van der Waals surface area (Å²) in [6.07, 6.45) is 2.94. The van der Waals surface area contributed by atoms with Crippen LogP contribution in [0.2, 0.25) is 10.0 Å². The molecule has 2 amide bonds. The second-order valence-electron chi connectivity index (χ2n) is 8.48. The number of anilines is 1. The number of hydrogen-bond donors (Lipinski definition) is 1. The lowest BCUT2D eigenvalue weighted by molar-refractivity contribution is -0.140. The van der Waals surface area contributed by atoms with Gasteiger partial charge in [0, 0.05) is 30.5 Å². The second-order valence-corrected chi connectivity index (χ2v) is 9.29. The Hall–Kier alpha value is -2.12. The van der Waals surface area contributed by atoms with Crippen LogP contribution in [0.4, 0.5) is 5.69 Å². The monoisotopic (exact) mass is 452 g/mol. The summed E-state index contributed by atoms with van der Waals surface area (Å²) in [6.45, 7) is 6.54. The molecule has 0 radical (unpaired) electrons. The van der Waals surface area contributed by atoms with Gasteiger partial charge in [-0.2, -0.15) is 4.98 Å². The fourth-order valence-corrected chi connectivity index (χ4v) is 3.62. The maximum atomic E-state index is 12.9. The fraction of sp³-hybridized carbons (Fsp3) is 0.524. The van der Waals surface area contributed by atoms with E-state index in [1.54, 1.807) is 23.1 Å². The first kappa shape index (κ1) is 22.6. The van der Waals surface area contributed by atoms with Gasteiger partial charge in [0.05, 0.1) is 10.0 Å². The molecule has 1 atom stereocenters. The smallest absolute Gasteiger partial charge is 0.247 e. The van der Waals surface area contributed by atoms with Crippen LogP contribution in [0.5, 0.6) is 0 Å². The van der Waals surface area contributed by atoms with E-state index >= 15 is 0 Å². The molecule has 30 heavy (non-hydrogen) atoms. The number of nitrogens with zero attached hydrogens (tertiary/aromatic N) is 3. The highest BCUT2D eigenvalue weighted by Crippen LogP contribution is 2.26. The molecule has 0 saturated carbocycles.